The molecule has 0 unspecified atom stereocenters. The van der Waals surface area contributed by atoms with Crippen LogP contribution in [0.5, 0.6) is 0 Å². The van der Waals surface area contributed by atoms with Crippen LogP contribution in [0.1, 0.15) is 26.3 Å². The van der Waals surface area contributed by atoms with Crippen LogP contribution in [0.15, 0.2) is 18.5 Å². The quantitative estimate of drug-likeness (QED) is 0.774. The first-order chi connectivity index (χ1) is 6.72. The van der Waals surface area contributed by atoms with Crippen molar-refractivity contribution in [3.63, 3.8) is 0 Å². The number of aryl methyl sites for hydroxylation is 1. The predicted octanol–water partition coefficient (Wildman–Crippen LogP) is 1.91. The lowest BCUT2D eigenvalue weighted by Crippen LogP contribution is -2.22. The highest BCUT2D eigenvalue weighted by molar-refractivity contribution is 5.46. The fraction of sp³-hybridized carbons (Fsp3) is 0.545. The Bertz CT molecular complexity index is 286. The van der Waals surface area contributed by atoms with Crippen molar-refractivity contribution >= 4 is 6.08 Å². The maximum absolute atomic E-state index is 4.19. The Balaban J connectivity index is 2.36. The van der Waals surface area contributed by atoms with Crippen LogP contribution in [0, 0.1) is 0 Å². The van der Waals surface area contributed by atoms with Gasteiger partial charge < -0.3 is 5.32 Å². The predicted molar refractivity (Wildman–Crippen MR) is 60.1 cm³/mol. The average molecular weight is 193 g/mol. The summed E-state index contributed by atoms with van der Waals surface area (Å²) >= 11 is 0. The molecule has 0 saturated carbocycles. The first-order valence-electron chi connectivity index (χ1n) is 5.14. The smallest absolute Gasteiger partial charge is 0.0562 e. The molecule has 0 radical (unpaired) electrons. The number of nitrogens with zero attached hydrogens (tertiary/aromatic N) is 2. The molecule has 0 amide bonds. The van der Waals surface area contributed by atoms with Gasteiger partial charge in [-0.05, 0) is 6.92 Å². The third-order valence-corrected chi connectivity index (χ3v) is 1.93. The summed E-state index contributed by atoms with van der Waals surface area (Å²) in [6.45, 7) is 8.21. The molecule has 0 aromatic carbocycles. The van der Waals surface area contributed by atoms with Gasteiger partial charge in [0.1, 0.15) is 0 Å². The Hall–Kier alpha value is -1.09. The number of nitrogens with one attached hydrogen (secondary N) is 1. The molecule has 1 rings (SSSR count). The molecule has 3 heteroatoms. The normalized spacial score (nSPS) is 11.7. The van der Waals surface area contributed by atoms with E-state index in [2.05, 4.69) is 43.3 Å². The molecule has 78 valence electrons. The van der Waals surface area contributed by atoms with Gasteiger partial charge in [0.2, 0.25) is 0 Å². The molecule has 0 aliphatic rings. The van der Waals surface area contributed by atoms with E-state index < -0.39 is 0 Å². The highest BCUT2D eigenvalue weighted by Crippen LogP contribution is 1.99. The Morgan fingerprint density at radius 2 is 2.36 bits per heavy atom. The third-order valence-electron chi connectivity index (χ3n) is 1.93. The van der Waals surface area contributed by atoms with Gasteiger partial charge in [-0.1, -0.05) is 26.0 Å². The van der Waals surface area contributed by atoms with Gasteiger partial charge in [0.15, 0.2) is 0 Å². The second-order valence-corrected chi connectivity index (χ2v) is 3.59. The zero-order valence-corrected chi connectivity index (χ0v) is 9.20. The fourth-order valence-corrected chi connectivity index (χ4v) is 1.14. The van der Waals surface area contributed by atoms with Crippen LogP contribution >= 0.6 is 0 Å². The van der Waals surface area contributed by atoms with Crippen molar-refractivity contribution in [1.82, 2.24) is 15.1 Å². The van der Waals surface area contributed by atoms with Crippen molar-refractivity contribution in [2.45, 2.75) is 33.4 Å². The van der Waals surface area contributed by atoms with Crippen LogP contribution in [0.25, 0.3) is 6.08 Å². The molecule has 3 nitrogen and oxygen atoms in total. The summed E-state index contributed by atoms with van der Waals surface area (Å²) in [5.74, 6) is 0. The van der Waals surface area contributed by atoms with E-state index in [1.165, 1.54) is 0 Å². The highest BCUT2D eigenvalue weighted by atomic mass is 15.3. The van der Waals surface area contributed by atoms with Crippen molar-refractivity contribution in [1.29, 1.82) is 0 Å². The Morgan fingerprint density at radius 3 is 2.93 bits per heavy atom. The molecule has 1 aromatic heterocycles. The second-order valence-electron chi connectivity index (χ2n) is 3.59. The molecular weight excluding hydrogens is 174 g/mol. The number of hydrogen-bond donors (Lipinski definition) is 1. The molecule has 0 spiro atoms. The maximum Gasteiger partial charge on any atom is 0.0562 e. The fourth-order valence-electron chi connectivity index (χ4n) is 1.14. The minimum atomic E-state index is 0.540. The first kappa shape index (κ1) is 11.0. The molecule has 14 heavy (non-hydrogen) atoms. The standard InChI is InChI=1S/C11H19N3/c1-4-14-9-11(8-13-14)6-5-7-12-10(2)3/h5-6,8-10,12H,4,7H2,1-3H3/b6-5+. The molecule has 1 N–H and O–H groups in total. The maximum atomic E-state index is 4.19. The van der Waals surface area contributed by atoms with E-state index in [0.29, 0.717) is 6.04 Å². The summed E-state index contributed by atoms with van der Waals surface area (Å²) in [5, 5.41) is 7.52. The van der Waals surface area contributed by atoms with Gasteiger partial charge in [0, 0.05) is 30.9 Å². The molecule has 0 aliphatic heterocycles. The lowest BCUT2D eigenvalue weighted by atomic mass is 10.3. The van der Waals surface area contributed by atoms with Gasteiger partial charge in [-0.15, -0.1) is 0 Å². The average Bonchev–Trinajstić information content (AvgIpc) is 2.60. The zero-order chi connectivity index (χ0) is 10.4. The molecule has 1 heterocycles. The second kappa shape index (κ2) is 5.60. The molecule has 1 aromatic rings. The van der Waals surface area contributed by atoms with Gasteiger partial charge in [-0.3, -0.25) is 4.68 Å². The lowest BCUT2D eigenvalue weighted by Gasteiger charge is -2.02. The Kier molecular flexibility index (Phi) is 4.40. The Labute approximate surface area is 85.8 Å². The van der Waals surface area contributed by atoms with Crippen LogP contribution in [0.2, 0.25) is 0 Å². The van der Waals surface area contributed by atoms with Crippen LogP contribution < -0.4 is 5.32 Å². The van der Waals surface area contributed by atoms with Gasteiger partial charge >= 0.3 is 0 Å². The van der Waals surface area contributed by atoms with Gasteiger partial charge in [-0.2, -0.15) is 5.10 Å². The first-order valence-corrected chi connectivity index (χ1v) is 5.14. The largest absolute Gasteiger partial charge is 0.311 e. The van der Waals surface area contributed by atoms with Crippen molar-refractivity contribution in [3.05, 3.63) is 24.0 Å². The van der Waals surface area contributed by atoms with Crippen molar-refractivity contribution < 1.29 is 0 Å². The Morgan fingerprint density at radius 1 is 1.57 bits per heavy atom. The van der Waals surface area contributed by atoms with E-state index in [9.17, 15) is 0 Å². The van der Waals surface area contributed by atoms with Crippen LogP contribution in [0.4, 0.5) is 0 Å². The van der Waals surface area contributed by atoms with E-state index in [0.717, 1.165) is 18.7 Å². The van der Waals surface area contributed by atoms with Gasteiger partial charge in [0.25, 0.3) is 0 Å². The van der Waals surface area contributed by atoms with E-state index in [1.807, 2.05) is 17.1 Å². The van der Waals surface area contributed by atoms with Gasteiger partial charge in [0.05, 0.1) is 6.20 Å². The number of rotatable bonds is 5. The molecule has 0 fully saturated rings. The zero-order valence-electron chi connectivity index (χ0n) is 9.20. The minimum Gasteiger partial charge on any atom is -0.311 e. The van der Waals surface area contributed by atoms with Crippen molar-refractivity contribution in [3.8, 4) is 0 Å². The van der Waals surface area contributed by atoms with E-state index in [1.54, 1.807) is 0 Å². The van der Waals surface area contributed by atoms with Crippen LogP contribution in [-0.4, -0.2) is 22.4 Å². The van der Waals surface area contributed by atoms with Crippen molar-refractivity contribution in [2.75, 3.05) is 6.54 Å². The summed E-state index contributed by atoms with van der Waals surface area (Å²) < 4.78 is 1.93. The summed E-state index contributed by atoms with van der Waals surface area (Å²) in [7, 11) is 0. The number of hydrogen-bond acceptors (Lipinski definition) is 2. The molecule has 0 bridgehead atoms. The van der Waals surface area contributed by atoms with Crippen LogP contribution in [-0.2, 0) is 6.54 Å². The topological polar surface area (TPSA) is 29.9 Å². The lowest BCUT2D eigenvalue weighted by molar-refractivity contribution is 0.633. The van der Waals surface area contributed by atoms with E-state index in [4.69, 9.17) is 0 Å². The molecule has 0 aliphatic carbocycles. The molecule has 0 atom stereocenters. The van der Waals surface area contributed by atoms with Crippen LogP contribution in [0.3, 0.4) is 0 Å². The minimum absolute atomic E-state index is 0.540. The third kappa shape index (κ3) is 3.75. The summed E-state index contributed by atoms with van der Waals surface area (Å²) in [5.41, 5.74) is 1.16. The summed E-state index contributed by atoms with van der Waals surface area (Å²) in [6.07, 6.45) is 8.15. The number of aromatic nitrogens is 2. The summed E-state index contributed by atoms with van der Waals surface area (Å²) in [4.78, 5) is 0. The van der Waals surface area contributed by atoms with E-state index in [-0.39, 0.29) is 0 Å². The van der Waals surface area contributed by atoms with E-state index >= 15 is 0 Å². The monoisotopic (exact) mass is 193 g/mol. The SMILES string of the molecule is CCn1cc(/C=C/CNC(C)C)cn1. The molecular formula is C11H19N3. The van der Waals surface area contributed by atoms with Gasteiger partial charge in [-0.25, -0.2) is 0 Å². The highest BCUT2D eigenvalue weighted by Gasteiger charge is 1.91. The summed E-state index contributed by atoms with van der Waals surface area (Å²) in [6, 6.07) is 0.540. The van der Waals surface area contributed by atoms with Crippen molar-refractivity contribution in [2.24, 2.45) is 0 Å². The molecule has 0 saturated heterocycles.